The predicted octanol–water partition coefficient (Wildman–Crippen LogP) is 2.60. The molecule has 5 heteroatoms. The molecule has 0 radical (unpaired) electrons. The second-order valence-electron chi connectivity index (χ2n) is 5.28. The van der Waals surface area contributed by atoms with Crippen LogP contribution in [0.3, 0.4) is 0 Å². The molecule has 1 aliphatic rings. The van der Waals surface area contributed by atoms with Gasteiger partial charge < -0.3 is 9.55 Å². The third-order valence-corrected chi connectivity index (χ3v) is 3.74. The minimum absolute atomic E-state index is 0.139. The molecule has 1 N–H and O–H groups in total. The average molecular weight is 276 g/mol. The van der Waals surface area contributed by atoms with Gasteiger partial charge in [0.15, 0.2) is 5.82 Å². The molecule has 0 atom stereocenters. The maximum Gasteiger partial charge on any atom is 0.248 e. The van der Waals surface area contributed by atoms with Crippen LogP contribution in [0, 0.1) is 11.3 Å². The van der Waals surface area contributed by atoms with Gasteiger partial charge >= 0.3 is 0 Å². The molecule has 1 aliphatic carbocycles. The zero-order valence-electron chi connectivity index (χ0n) is 11.2. The molecule has 0 unspecified atom stereocenters. The van der Waals surface area contributed by atoms with Crippen molar-refractivity contribution >= 4 is 11.0 Å². The number of aromatic amines is 1. The van der Waals surface area contributed by atoms with Crippen molar-refractivity contribution in [2.45, 2.75) is 18.9 Å². The van der Waals surface area contributed by atoms with Gasteiger partial charge in [-0.2, -0.15) is 5.26 Å². The molecule has 0 spiro atoms. The minimum Gasteiger partial charge on any atom is -0.320 e. The lowest BCUT2D eigenvalue weighted by Crippen LogP contribution is -2.06. The fourth-order valence-electron chi connectivity index (χ4n) is 2.64. The molecule has 0 bridgehead atoms. The van der Waals surface area contributed by atoms with Gasteiger partial charge in [0.05, 0.1) is 28.4 Å². The van der Waals surface area contributed by atoms with Crippen LogP contribution in [0.15, 0.2) is 41.2 Å². The smallest absolute Gasteiger partial charge is 0.248 e. The predicted molar refractivity (Wildman–Crippen MR) is 78.8 cm³/mol. The number of nitrogens with one attached hydrogen (secondary N) is 1. The molecule has 0 saturated heterocycles. The van der Waals surface area contributed by atoms with E-state index in [1.54, 1.807) is 18.2 Å². The van der Waals surface area contributed by atoms with Gasteiger partial charge in [0, 0.05) is 12.1 Å². The van der Waals surface area contributed by atoms with Crippen LogP contribution in [0.2, 0.25) is 0 Å². The van der Waals surface area contributed by atoms with Crippen molar-refractivity contribution in [2.75, 3.05) is 0 Å². The van der Waals surface area contributed by atoms with Gasteiger partial charge in [-0.1, -0.05) is 6.07 Å². The lowest BCUT2D eigenvalue weighted by Gasteiger charge is -2.07. The summed E-state index contributed by atoms with van der Waals surface area (Å²) in [5, 5.41) is 9.02. The van der Waals surface area contributed by atoms with Gasteiger partial charge in [0.2, 0.25) is 5.56 Å². The second kappa shape index (κ2) is 4.32. The number of H-pyrrole nitrogens is 1. The monoisotopic (exact) mass is 276 g/mol. The van der Waals surface area contributed by atoms with E-state index in [1.165, 1.54) is 6.07 Å². The van der Waals surface area contributed by atoms with Crippen LogP contribution in [0.1, 0.15) is 24.4 Å². The molecule has 0 amide bonds. The molecule has 0 aliphatic heterocycles. The highest BCUT2D eigenvalue weighted by Gasteiger charge is 2.29. The number of pyridine rings is 1. The second-order valence-corrected chi connectivity index (χ2v) is 5.28. The van der Waals surface area contributed by atoms with Crippen LogP contribution in [0.25, 0.3) is 22.6 Å². The van der Waals surface area contributed by atoms with Crippen molar-refractivity contribution in [1.29, 1.82) is 5.26 Å². The fourth-order valence-corrected chi connectivity index (χ4v) is 2.64. The maximum atomic E-state index is 11.5. The molecule has 3 aromatic rings. The van der Waals surface area contributed by atoms with E-state index in [2.05, 4.69) is 20.6 Å². The van der Waals surface area contributed by atoms with Gasteiger partial charge in [-0.3, -0.25) is 4.79 Å². The first-order valence-corrected chi connectivity index (χ1v) is 6.88. The van der Waals surface area contributed by atoms with E-state index in [9.17, 15) is 4.79 Å². The van der Waals surface area contributed by atoms with Crippen LogP contribution in [-0.2, 0) is 0 Å². The molecule has 1 fully saturated rings. The quantitative estimate of drug-likeness (QED) is 0.781. The SMILES string of the molecule is N#Cc1ccc2c(c1)nc(-c1cccc(=O)[nH]1)n2C1CC1. The summed E-state index contributed by atoms with van der Waals surface area (Å²) in [4.78, 5) is 19.0. The highest BCUT2D eigenvalue weighted by atomic mass is 16.1. The van der Waals surface area contributed by atoms with E-state index in [1.807, 2.05) is 12.1 Å². The first kappa shape index (κ1) is 11.9. The highest BCUT2D eigenvalue weighted by Crippen LogP contribution is 2.40. The Morgan fingerprint density at radius 3 is 2.86 bits per heavy atom. The Morgan fingerprint density at radius 1 is 1.29 bits per heavy atom. The van der Waals surface area contributed by atoms with Crippen molar-refractivity contribution in [2.24, 2.45) is 0 Å². The van der Waals surface area contributed by atoms with Crippen LogP contribution >= 0.6 is 0 Å². The van der Waals surface area contributed by atoms with Gasteiger partial charge in [0.1, 0.15) is 0 Å². The van der Waals surface area contributed by atoms with Crippen LogP contribution in [0.4, 0.5) is 0 Å². The number of aromatic nitrogens is 3. The number of hydrogen-bond donors (Lipinski definition) is 1. The molecule has 4 rings (SSSR count). The number of nitriles is 1. The Hall–Kier alpha value is -2.87. The number of fused-ring (bicyclic) bond motifs is 1. The van der Waals surface area contributed by atoms with Gasteiger partial charge in [-0.25, -0.2) is 4.98 Å². The van der Waals surface area contributed by atoms with Crippen molar-refractivity contribution in [3.05, 3.63) is 52.3 Å². The number of imidazole rings is 1. The first-order chi connectivity index (χ1) is 10.3. The Balaban J connectivity index is 2.02. The highest BCUT2D eigenvalue weighted by molar-refractivity contribution is 5.81. The third kappa shape index (κ3) is 1.93. The van der Waals surface area contributed by atoms with E-state index in [0.29, 0.717) is 17.3 Å². The summed E-state index contributed by atoms with van der Waals surface area (Å²) in [5.41, 5.74) is 2.97. The van der Waals surface area contributed by atoms with Crippen molar-refractivity contribution < 1.29 is 0 Å². The van der Waals surface area contributed by atoms with Crippen molar-refractivity contribution in [3.63, 3.8) is 0 Å². The first-order valence-electron chi connectivity index (χ1n) is 6.88. The van der Waals surface area contributed by atoms with E-state index in [0.717, 1.165) is 29.7 Å². The molecular weight excluding hydrogens is 264 g/mol. The molecular formula is C16H12N4O. The van der Waals surface area contributed by atoms with E-state index >= 15 is 0 Å². The largest absolute Gasteiger partial charge is 0.320 e. The van der Waals surface area contributed by atoms with Crippen molar-refractivity contribution in [1.82, 2.24) is 14.5 Å². The summed E-state index contributed by atoms with van der Waals surface area (Å²) < 4.78 is 2.17. The molecule has 5 nitrogen and oxygen atoms in total. The molecule has 1 saturated carbocycles. The van der Waals surface area contributed by atoms with E-state index in [4.69, 9.17) is 5.26 Å². The number of nitrogens with zero attached hydrogens (tertiary/aromatic N) is 3. The normalized spacial score (nSPS) is 14.2. The van der Waals surface area contributed by atoms with E-state index in [-0.39, 0.29) is 5.56 Å². The van der Waals surface area contributed by atoms with Gasteiger partial charge in [0.25, 0.3) is 0 Å². The molecule has 2 aromatic heterocycles. The van der Waals surface area contributed by atoms with Crippen LogP contribution in [-0.4, -0.2) is 14.5 Å². The number of hydrogen-bond acceptors (Lipinski definition) is 3. The topological polar surface area (TPSA) is 74.5 Å². The Labute approximate surface area is 120 Å². The molecule has 2 heterocycles. The standard InChI is InChI=1S/C16H12N4O/c17-9-10-4-7-14-13(8-10)19-16(20(14)11-5-6-11)12-2-1-3-15(21)18-12/h1-4,7-8,11H,5-6H2,(H,18,21). The zero-order valence-corrected chi connectivity index (χ0v) is 11.2. The Morgan fingerprint density at radius 2 is 2.14 bits per heavy atom. The maximum absolute atomic E-state index is 11.5. The minimum atomic E-state index is -0.139. The Kier molecular flexibility index (Phi) is 2.45. The van der Waals surface area contributed by atoms with Crippen molar-refractivity contribution in [3.8, 4) is 17.6 Å². The molecule has 21 heavy (non-hydrogen) atoms. The Bertz CT molecular complexity index is 941. The summed E-state index contributed by atoms with van der Waals surface area (Å²) in [6.07, 6.45) is 2.24. The summed E-state index contributed by atoms with van der Waals surface area (Å²) in [6.45, 7) is 0. The summed E-state index contributed by atoms with van der Waals surface area (Å²) in [7, 11) is 0. The third-order valence-electron chi connectivity index (χ3n) is 3.74. The van der Waals surface area contributed by atoms with E-state index < -0.39 is 0 Å². The van der Waals surface area contributed by atoms with Crippen LogP contribution < -0.4 is 5.56 Å². The summed E-state index contributed by atoms with van der Waals surface area (Å²) in [5.74, 6) is 0.764. The van der Waals surface area contributed by atoms with Crippen LogP contribution in [0.5, 0.6) is 0 Å². The van der Waals surface area contributed by atoms with Gasteiger partial charge in [-0.05, 0) is 37.1 Å². The lowest BCUT2D eigenvalue weighted by atomic mass is 10.2. The van der Waals surface area contributed by atoms with Gasteiger partial charge in [-0.15, -0.1) is 0 Å². The summed E-state index contributed by atoms with van der Waals surface area (Å²) in [6, 6.07) is 13.2. The molecule has 1 aromatic carbocycles. The molecule has 102 valence electrons. The average Bonchev–Trinajstić information content (AvgIpc) is 3.26. The zero-order chi connectivity index (χ0) is 14.4. The summed E-state index contributed by atoms with van der Waals surface area (Å²) >= 11 is 0. The fraction of sp³-hybridized carbons (Fsp3) is 0.188. The number of benzene rings is 1. The number of rotatable bonds is 2. The lowest BCUT2D eigenvalue weighted by molar-refractivity contribution is 0.772.